The van der Waals surface area contributed by atoms with Crippen molar-refractivity contribution in [1.82, 2.24) is 10.2 Å². The van der Waals surface area contributed by atoms with Crippen LogP contribution in [0.4, 0.5) is 5.69 Å². The molecule has 3 aliphatic heterocycles. The van der Waals surface area contributed by atoms with Gasteiger partial charge in [-0.2, -0.15) is 0 Å². The summed E-state index contributed by atoms with van der Waals surface area (Å²) in [4.78, 5) is 59.3. The number of amides is 3. The third kappa shape index (κ3) is 6.22. The number of hydrogen-bond donors (Lipinski definition) is 2. The number of carbonyl (C=O) groups excluding carboxylic acids is 4. The molecule has 3 fully saturated rings. The van der Waals surface area contributed by atoms with Gasteiger partial charge in [-0.05, 0) is 61.6 Å². The monoisotopic (exact) mass is 679 g/mol. The Hall–Kier alpha value is -4.80. The van der Waals surface area contributed by atoms with Crippen LogP contribution < -0.4 is 10.2 Å². The van der Waals surface area contributed by atoms with Crippen LogP contribution in [0, 0.1) is 11.8 Å². The minimum absolute atomic E-state index is 0.175. The zero-order valence-electron chi connectivity index (χ0n) is 28.6. The van der Waals surface area contributed by atoms with Gasteiger partial charge in [0, 0.05) is 18.7 Å². The van der Waals surface area contributed by atoms with E-state index in [9.17, 15) is 24.3 Å². The highest BCUT2D eigenvalue weighted by Crippen LogP contribution is 2.59. The molecule has 262 valence electrons. The molecule has 3 aromatic carbocycles. The van der Waals surface area contributed by atoms with Crippen molar-refractivity contribution in [2.75, 3.05) is 18.1 Å². The van der Waals surface area contributed by atoms with Gasteiger partial charge in [0.05, 0.1) is 36.6 Å². The van der Waals surface area contributed by atoms with Crippen LogP contribution in [0.3, 0.4) is 0 Å². The first-order valence-electron chi connectivity index (χ1n) is 17.3. The number of aliphatic hydroxyl groups excluding tert-OH is 1. The summed E-state index contributed by atoms with van der Waals surface area (Å²) in [7, 11) is 0. The maximum atomic E-state index is 14.8. The summed E-state index contributed by atoms with van der Waals surface area (Å²) in [6.45, 7) is 10.8. The van der Waals surface area contributed by atoms with Crippen molar-refractivity contribution >= 4 is 40.2 Å². The minimum Gasteiger partial charge on any atom is -0.455 e. The van der Waals surface area contributed by atoms with Gasteiger partial charge < -0.3 is 29.7 Å². The molecular formula is C40H45N3O7. The number of aliphatic hydroxyl groups is 1. The van der Waals surface area contributed by atoms with E-state index in [4.69, 9.17) is 9.47 Å². The maximum absolute atomic E-state index is 14.8. The number of likely N-dealkylation sites (tertiary alicyclic amines) is 1. The lowest BCUT2D eigenvalue weighted by atomic mass is 9.70. The van der Waals surface area contributed by atoms with Crippen LogP contribution in [-0.4, -0.2) is 76.7 Å². The van der Waals surface area contributed by atoms with Crippen molar-refractivity contribution in [2.45, 2.75) is 75.5 Å². The van der Waals surface area contributed by atoms with Crippen molar-refractivity contribution in [3.05, 3.63) is 104 Å². The number of esters is 1. The second-order valence-corrected chi connectivity index (χ2v) is 13.6. The molecule has 0 aliphatic carbocycles. The fourth-order valence-corrected chi connectivity index (χ4v) is 8.08. The second kappa shape index (κ2) is 14.6. The molecule has 3 aromatic rings. The molecular weight excluding hydrogens is 634 g/mol. The normalized spacial score (nSPS) is 25.4. The maximum Gasteiger partial charge on any atom is 0.313 e. The van der Waals surface area contributed by atoms with Gasteiger partial charge in [-0.3, -0.25) is 19.2 Å². The highest BCUT2D eigenvalue weighted by atomic mass is 16.6. The molecule has 3 saturated heterocycles. The number of hydrogen-bond acceptors (Lipinski definition) is 7. The van der Waals surface area contributed by atoms with Crippen LogP contribution in [0.15, 0.2) is 98.1 Å². The molecule has 10 nitrogen and oxygen atoms in total. The standard InChI is InChI=1S/C40H45N3O7/c1-5-7-17-32(45)41-26(4)35(28-14-9-8-10-15-28)49-39(48)33-31-20-21-40(50-31)34(33)37(46)43(25(3)24-44)36(40)38(47)42(22-6-2)30-19-18-27-13-11-12-16-29(27)23-30/h5-6,8-16,18-19,23,25-26,31,33-36,44H,1-2,7,17,20-22,24H2,3-4H3,(H,41,45)/t25-,26+,31-,33+,34+,35+,36-,40+/m1/s1. The molecule has 6 rings (SSSR count). The zero-order chi connectivity index (χ0) is 35.6. The van der Waals surface area contributed by atoms with Crippen LogP contribution in [-0.2, 0) is 28.7 Å². The van der Waals surface area contributed by atoms with Gasteiger partial charge in [0.1, 0.15) is 17.7 Å². The number of carbonyl (C=O) groups is 4. The fraction of sp³-hybridized carbons (Fsp3) is 0.400. The van der Waals surface area contributed by atoms with Gasteiger partial charge >= 0.3 is 5.97 Å². The lowest BCUT2D eigenvalue weighted by molar-refractivity contribution is -0.162. The van der Waals surface area contributed by atoms with E-state index < -0.39 is 59.6 Å². The Bertz CT molecular complexity index is 1780. The number of nitrogens with one attached hydrogen (secondary N) is 1. The molecule has 10 heteroatoms. The first-order chi connectivity index (χ1) is 24.1. The molecule has 8 atom stereocenters. The van der Waals surface area contributed by atoms with E-state index >= 15 is 0 Å². The number of fused-ring (bicyclic) bond motifs is 2. The fourth-order valence-electron chi connectivity index (χ4n) is 8.08. The highest BCUT2D eigenvalue weighted by molar-refractivity contribution is 6.05. The first kappa shape index (κ1) is 35.0. The topological polar surface area (TPSA) is 125 Å². The number of allylic oxidation sites excluding steroid dienone is 1. The molecule has 2 N–H and O–H groups in total. The van der Waals surface area contributed by atoms with Gasteiger partial charge in [-0.1, -0.05) is 72.8 Å². The summed E-state index contributed by atoms with van der Waals surface area (Å²) >= 11 is 0. The third-order valence-electron chi connectivity index (χ3n) is 10.4. The van der Waals surface area contributed by atoms with Gasteiger partial charge in [-0.25, -0.2) is 0 Å². The van der Waals surface area contributed by atoms with Crippen molar-refractivity contribution < 1.29 is 33.8 Å². The van der Waals surface area contributed by atoms with Crippen molar-refractivity contribution in [3.8, 4) is 0 Å². The Morgan fingerprint density at radius 3 is 2.48 bits per heavy atom. The summed E-state index contributed by atoms with van der Waals surface area (Å²) in [5.41, 5.74) is 0.0263. The molecule has 3 amide bonds. The van der Waals surface area contributed by atoms with E-state index in [2.05, 4.69) is 18.5 Å². The van der Waals surface area contributed by atoms with Crippen molar-refractivity contribution in [1.29, 1.82) is 0 Å². The average molecular weight is 680 g/mol. The van der Waals surface area contributed by atoms with E-state index in [0.29, 0.717) is 30.5 Å². The Kier molecular flexibility index (Phi) is 10.2. The van der Waals surface area contributed by atoms with Crippen molar-refractivity contribution in [3.63, 3.8) is 0 Å². The third-order valence-corrected chi connectivity index (χ3v) is 10.4. The Labute approximate surface area is 292 Å². The van der Waals surface area contributed by atoms with Gasteiger partial charge in [0.2, 0.25) is 11.8 Å². The summed E-state index contributed by atoms with van der Waals surface area (Å²) in [5, 5.41) is 15.2. The molecule has 3 aliphatic rings. The van der Waals surface area contributed by atoms with Crippen LogP contribution in [0.25, 0.3) is 10.8 Å². The number of nitrogens with zero attached hydrogens (tertiary/aromatic N) is 2. The van der Waals surface area contributed by atoms with Crippen LogP contribution in [0.5, 0.6) is 0 Å². The van der Waals surface area contributed by atoms with E-state index in [1.54, 1.807) is 30.9 Å². The molecule has 0 radical (unpaired) electrons. The molecule has 50 heavy (non-hydrogen) atoms. The molecule has 0 saturated carbocycles. The molecule has 3 heterocycles. The van der Waals surface area contributed by atoms with E-state index in [1.165, 1.54) is 4.90 Å². The molecule has 0 unspecified atom stereocenters. The predicted octanol–water partition coefficient (Wildman–Crippen LogP) is 4.87. The highest BCUT2D eigenvalue weighted by Gasteiger charge is 2.75. The average Bonchev–Trinajstić information content (AvgIpc) is 3.78. The van der Waals surface area contributed by atoms with E-state index in [1.807, 2.05) is 72.8 Å². The smallest absolute Gasteiger partial charge is 0.313 e. The van der Waals surface area contributed by atoms with Crippen molar-refractivity contribution in [2.24, 2.45) is 11.8 Å². The van der Waals surface area contributed by atoms with Gasteiger partial charge in [0.15, 0.2) is 0 Å². The van der Waals surface area contributed by atoms with Crippen LogP contribution in [0.2, 0.25) is 0 Å². The lowest BCUT2D eigenvalue weighted by Gasteiger charge is -2.38. The number of ether oxygens (including phenoxy) is 2. The van der Waals surface area contributed by atoms with Crippen LogP contribution in [0.1, 0.15) is 51.2 Å². The SMILES string of the molecule is C=CCCC(=O)N[C@@H](C)[C@H](OC(=O)[C@@H]1[C@H]2C(=O)N([C@H](C)CO)[C@H](C(=O)N(CC=C)c3ccc4ccccc4c3)[C@]23CC[C@H]1O3)c1ccccc1. The molecule has 1 spiro atoms. The summed E-state index contributed by atoms with van der Waals surface area (Å²) in [6.07, 6.45) is 3.42. The lowest BCUT2D eigenvalue weighted by Crippen LogP contribution is -2.58. The van der Waals surface area contributed by atoms with E-state index in [-0.39, 0.29) is 31.4 Å². The predicted molar refractivity (Wildman–Crippen MR) is 190 cm³/mol. The zero-order valence-corrected chi connectivity index (χ0v) is 28.6. The van der Waals surface area contributed by atoms with Gasteiger partial charge in [0.25, 0.3) is 5.91 Å². The molecule has 2 bridgehead atoms. The summed E-state index contributed by atoms with van der Waals surface area (Å²) in [5.74, 6) is -3.60. The quantitative estimate of drug-likeness (QED) is 0.184. The van der Waals surface area contributed by atoms with Crippen LogP contribution >= 0.6 is 0 Å². The first-order valence-corrected chi connectivity index (χ1v) is 17.3. The Morgan fingerprint density at radius 1 is 1.06 bits per heavy atom. The number of rotatable bonds is 14. The second-order valence-electron chi connectivity index (χ2n) is 13.6. The summed E-state index contributed by atoms with van der Waals surface area (Å²) < 4.78 is 12.9. The number of anilines is 1. The van der Waals surface area contributed by atoms with Gasteiger partial charge in [-0.15, -0.1) is 13.2 Å². The number of benzene rings is 3. The largest absolute Gasteiger partial charge is 0.455 e. The Morgan fingerprint density at radius 2 is 1.78 bits per heavy atom. The van der Waals surface area contributed by atoms with E-state index in [0.717, 1.165) is 10.8 Å². The summed E-state index contributed by atoms with van der Waals surface area (Å²) in [6, 6.07) is 20.3. The minimum atomic E-state index is -1.30. The Balaban J connectivity index is 1.33. The molecule has 0 aromatic heterocycles.